The number of carbonyl (C=O) groups excluding carboxylic acids is 1. The third-order valence-electron chi connectivity index (χ3n) is 5.87. The van der Waals surface area contributed by atoms with Crippen molar-refractivity contribution in [3.8, 4) is 17.2 Å². The van der Waals surface area contributed by atoms with Crippen molar-refractivity contribution in [3.05, 3.63) is 84.4 Å². The zero-order chi connectivity index (χ0) is 24.0. The van der Waals surface area contributed by atoms with Crippen LogP contribution in [-0.4, -0.2) is 38.8 Å². The predicted octanol–water partition coefficient (Wildman–Crippen LogP) is 4.20. The molecule has 0 radical (unpaired) electrons. The largest absolute Gasteiger partial charge is 0.497 e. The van der Waals surface area contributed by atoms with Gasteiger partial charge < -0.3 is 14.8 Å². The lowest BCUT2D eigenvalue weighted by atomic mass is 9.97. The second kappa shape index (κ2) is 10.7. The van der Waals surface area contributed by atoms with Crippen molar-refractivity contribution in [2.45, 2.75) is 24.3 Å². The number of nitrogens with zero attached hydrogens (tertiary/aromatic N) is 1. The zero-order valence-electron chi connectivity index (χ0n) is 19.0. The van der Waals surface area contributed by atoms with Gasteiger partial charge in [-0.2, -0.15) is 4.31 Å². The van der Waals surface area contributed by atoms with Crippen LogP contribution in [0, 0.1) is 5.92 Å². The third-order valence-corrected chi connectivity index (χ3v) is 7.78. The van der Waals surface area contributed by atoms with Crippen molar-refractivity contribution in [3.63, 3.8) is 0 Å². The first-order chi connectivity index (χ1) is 16.5. The number of nitrogens with one attached hydrogen (secondary N) is 1. The molecule has 0 bridgehead atoms. The minimum absolute atomic E-state index is 0.0594. The van der Waals surface area contributed by atoms with Crippen LogP contribution in [-0.2, 0) is 21.4 Å². The zero-order valence-corrected chi connectivity index (χ0v) is 19.8. The second-order valence-electron chi connectivity index (χ2n) is 8.13. The predicted molar refractivity (Wildman–Crippen MR) is 129 cm³/mol. The maximum absolute atomic E-state index is 12.9. The van der Waals surface area contributed by atoms with E-state index in [-0.39, 0.29) is 16.7 Å². The molecule has 4 rings (SSSR count). The van der Waals surface area contributed by atoms with Crippen LogP contribution in [0.1, 0.15) is 18.4 Å². The fourth-order valence-corrected chi connectivity index (χ4v) is 5.40. The molecule has 0 spiro atoms. The first kappa shape index (κ1) is 23.8. The molecule has 178 valence electrons. The first-order valence-corrected chi connectivity index (χ1v) is 12.6. The molecule has 0 unspecified atom stereocenters. The van der Waals surface area contributed by atoms with Gasteiger partial charge in [0.25, 0.3) is 0 Å². The summed E-state index contributed by atoms with van der Waals surface area (Å²) in [7, 11) is -2.05. The lowest BCUT2D eigenvalue weighted by Crippen LogP contribution is -2.42. The van der Waals surface area contributed by atoms with Crippen LogP contribution in [0.3, 0.4) is 0 Å². The number of para-hydroxylation sites is 1. The Morgan fingerprint density at radius 3 is 2.26 bits per heavy atom. The molecule has 34 heavy (non-hydrogen) atoms. The van der Waals surface area contributed by atoms with Gasteiger partial charge in [-0.3, -0.25) is 4.79 Å². The highest BCUT2D eigenvalue weighted by Crippen LogP contribution is 2.26. The summed E-state index contributed by atoms with van der Waals surface area (Å²) in [5, 5.41) is 2.98. The van der Waals surface area contributed by atoms with Gasteiger partial charge >= 0.3 is 0 Å². The summed E-state index contributed by atoms with van der Waals surface area (Å²) < 4.78 is 38.2. The highest BCUT2D eigenvalue weighted by atomic mass is 32.2. The number of benzene rings is 3. The quantitative estimate of drug-likeness (QED) is 0.522. The average molecular weight is 481 g/mol. The van der Waals surface area contributed by atoms with Gasteiger partial charge in [-0.15, -0.1) is 0 Å². The number of sulfonamides is 1. The molecule has 1 fully saturated rings. The molecular formula is C26H28N2O5S. The summed E-state index contributed by atoms with van der Waals surface area (Å²) in [5.74, 6) is 1.78. The van der Waals surface area contributed by atoms with E-state index in [1.54, 1.807) is 24.3 Å². The summed E-state index contributed by atoms with van der Waals surface area (Å²) in [6, 6.07) is 23.5. The Morgan fingerprint density at radius 2 is 1.59 bits per heavy atom. The molecule has 0 atom stereocenters. The highest BCUT2D eigenvalue weighted by Gasteiger charge is 2.32. The van der Waals surface area contributed by atoms with Gasteiger partial charge in [0.2, 0.25) is 15.9 Å². The SMILES string of the molecule is COc1ccc(S(=O)(=O)N2CCC(C(=O)NCc3cccc(Oc4ccccc4)c3)CC2)cc1. The van der Waals surface area contributed by atoms with Gasteiger partial charge in [0.15, 0.2) is 0 Å². The smallest absolute Gasteiger partial charge is 0.243 e. The Bertz CT molecular complexity index is 1210. The number of carbonyl (C=O) groups is 1. The first-order valence-electron chi connectivity index (χ1n) is 11.2. The summed E-state index contributed by atoms with van der Waals surface area (Å²) in [5.41, 5.74) is 0.932. The van der Waals surface area contributed by atoms with E-state index in [4.69, 9.17) is 9.47 Å². The fourth-order valence-electron chi connectivity index (χ4n) is 3.93. The van der Waals surface area contributed by atoms with Crippen molar-refractivity contribution >= 4 is 15.9 Å². The van der Waals surface area contributed by atoms with Crippen LogP contribution in [0.5, 0.6) is 17.2 Å². The van der Waals surface area contributed by atoms with Gasteiger partial charge in [0.05, 0.1) is 12.0 Å². The van der Waals surface area contributed by atoms with Gasteiger partial charge in [-0.05, 0) is 66.9 Å². The van der Waals surface area contributed by atoms with Crippen LogP contribution in [0.4, 0.5) is 0 Å². The molecule has 3 aromatic carbocycles. The van der Waals surface area contributed by atoms with Crippen LogP contribution in [0.15, 0.2) is 83.8 Å². The summed E-state index contributed by atoms with van der Waals surface area (Å²) in [4.78, 5) is 13.0. The van der Waals surface area contributed by atoms with E-state index in [0.717, 1.165) is 11.3 Å². The number of amides is 1. The molecule has 3 aromatic rings. The molecule has 1 saturated heterocycles. The van der Waals surface area contributed by atoms with Crippen molar-refractivity contribution in [2.75, 3.05) is 20.2 Å². The topological polar surface area (TPSA) is 84.9 Å². The van der Waals surface area contributed by atoms with Gasteiger partial charge in [-0.25, -0.2) is 8.42 Å². The Balaban J connectivity index is 1.29. The van der Waals surface area contributed by atoms with Gasteiger partial charge in [0, 0.05) is 25.6 Å². The van der Waals surface area contributed by atoms with Crippen LogP contribution in [0.25, 0.3) is 0 Å². The monoisotopic (exact) mass is 480 g/mol. The number of methoxy groups -OCH3 is 1. The highest BCUT2D eigenvalue weighted by molar-refractivity contribution is 7.89. The number of hydrogen-bond acceptors (Lipinski definition) is 5. The maximum atomic E-state index is 12.9. The van der Waals surface area contributed by atoms with E-state index < -0.39 is 10.0 Å². The molecule has 1 aliphatic rings. The standard InChI is InChI=1S/C26H28N2O5S/c1-32-22-10-12-25(13-11-22)34(30,31)28-16-14-21(15-17-28)26(29)27-19-20-6-5-9-24(18-20)33-23-7-3-2-4-8-23/h2-13,18,21H,14-17,19H2,1H3,(H,27,29). The van der Waals surface area contributed by atoms with Crippen molar-refractivity contribution in [2.24, 2.45) is 5.92 Å². The Labute approximate surface area is 200 Å². The number of ether oxygens (including phenoxy) is 2. The molecule has 1 heterocycles. The Kier molecular flexibility index (Phi) is 7.49. The summed E-state index contributed by atoms with van der Waals surface area (Å²) in [6.07, 6.45) is 0.969. The van der Waals surface area contributed by atoms with Crippen LogP contribution >= 0.6 is 0 Å². The average Bonchev–Trinajstić information content (AvgIpc) is 2.88. The van der Waals surface area contributed by atoms with Gasteiger partial charge in [0.1, 0.15) is 17.2 Å². The Morgan fingerprint density at radius 1 is 0.912 bits per heavy atom. The molecule has 7 nitrogen and oxygen atoms in total. The molecule has 0 aliphatic carbocycles. The molecule has 1 N–H and O–H groups in total. The molecular weight excluding hydrogens is 452 g/mol. The summed E-state index contributed by atoms with van der Waals surface area (Å²) in [6.45, 7) is 1.01. The maximum Gasteiger partial charge on any atom is 0.243 e. The minimum Gasteiger partial charge on any atom is -0.497 e. The van der Waals surface area contributed by atoms with E-state index in [2.05, 4.69) is 5.32 Å². The molecule has 8 heteroatoms. The van der Waals surface area contributed by atoms with E-state index in [0.29, 0.717) is 44.0 Å². The van der Waals surface area contributed by atoms with Gasteiger partial charge in [-0.1, -0.05) is 30.3 Å². The van der Waals surface area contributed by atoms with E-state index in [9.17, 15) is 13.2 Å². The molecule has 1 aliphatic heterocycles. The molecule has 0 aromatic heterocycles. The Hall–Kier alpha value is -3.36. The van der Waals surface area contributed by atoms with Crippen LogP contribution in [0.2, 0.25) is 0 Å². The number of rotatable bonds is 8. The van der Waals surface area contributed by atoms with Crippen LogP contribution < -0.4 is 14.8 Å². The van der Waals surface area contributed by atoms with E-state index in [1.165, 1.54) is 11.4 Å². The summed E-state index contributed by atoms with van der Waals surface area (Å²) >= 11 is 0. The lowest BCUT2D eigenvalue weighted by Gasteiger charge is -2.30. The fraction of sp³-hybridized carbons (Fsp3) is 0.269. The van der Waals surface area contributed by atoms with Crippen molar-refractivity contribution < 1.29 is 22.7 Å². The third kappa shape index (κ3) is 5.76. The van der Waals surface area contributed by atoms with Crippen molar-refractivity contribution in [1.29, 1.82) is 0 Å². The minimum atomic E-state index is -3.59. The van der Waals surface area contributed by atoms with E-state index >= 15 is 0 Å². The second-order valence-corrected chi connectivity index (χ2v) is 10.1. The lowest BCUT2D eigenvalue weighted by molar-refractivity contribution is -0.126. The van der Waals surface area contributed by atoms with E-state index in [1.807, 2.05) is 54.6 Å². The number of piperidine rings is 1. The number of hydrogen-bond donors (Lipinski definition) is 1. The normalized spacial score (nSPS) is 15.0. The molecule has 1 amide bonds. The molecule has 0 saturated carbocycles. The van der Waals surface area contributed by atoms with Crippen molar-refractivity contribution in [1.82, 2.24) is 9.62 Å².